The zero-order chi connectivity index (χ0) is 15.4. The molecule has 108 valence electrons. The van der Waals surface area contributed by atoms with E-state index in [0.29, 0.717) is 11.3 Å². The van der Waals surface area contributed by atoms with Crippen LogP contribution in [0, 0.1) is 13.8 Å². The fourth-order valence-electron chi connectivity index (χ4n) is 1.80. The first kappa shape index (κ1) is 15.3. The third-order valence-electron chi connectivity index (χ3n) is 3.09. The summed E-state index contributed by atoms with van der Waals surface area (Å²) in [5.41, 5.74) is 3.05. The number of rotatable bonds is 4. The average Bonchev–Trinajstić information content (AvgIpc) is 2.42. The van der Waals surface area contributed by atoms with Gasteiger partial charge in [-0.25, -0.2) is 4.79 Å². The minimum absolute atomic E-state index is 0.602. The predicted molar refractivity (Wildman–Crippen MR) is 86.8 cm³/mol. The standard InChI is InChI=1S/C17H15BrO3/c1-11-3-7-15(9-12(11)2)21-16-10-14(18)6-4-13(16)5-8-17(19)20/h3-10H,1-2H3,(H,19,20)/b8-5+. The molecule has 0 unspecified atom stereocenters. The molecule has 0 fully saturated rings. The normalized spacial score (nSPS) is 10.8. The summed E-state index contributed by atoms with van der Waals surface area (Å²) >= 11 is 3.40. The van der Waals surface area contributed by atoms with Gasteiger partial charge in [-0.05, 0) is 55.3 Å². The fraction of sp³-hybridized carbons (Fsp3) is 0.118. The molecule has 0 atom stereocenters. The van der Waals surface area contributed by atoms with Crippen LogP contribution in [0.5, 0.6) is 11.5 Å². The van der Waals surface area contributed by atoms with E-state index in [9.17, 15) is 4.79 Å². The van der Waals surface area contributed by atoms with Crippen molar-refractivity contribution in [2.45, 2.75) is 13.8 Å². The van der Waals surface area contributed by atoms with E-state index in [-0.39, 0.29) is 0 Å². The Labute approximate surface area is 132 Å². The monoisotopic (exact) mass is 346 g/mol. The lowest BCUT2D eigenvalue weighted by atomic mass is 10.1. The quantitative estimate of drug-likeness (QED) is 0.796. The van der Waals surface area contributed by atoms with Gasteiger partial charge in [0.25, 0.3) is 0 Å². The Balaban J connectivity index is 2.35. The summed E-state index contributed by atoms with van der Waals surface area (Å²) in [7, 11) is 0. The van der Waals surface area contributed by atoms with Gasteiger partial charge in [-0.2, -0.15) is 0 Å². The molecule has 0 spiro atoms. The van der Waals surface area contributed by atoms with Gasteiger partial charge in [-0.3, -0.25) is 0 Å². The van der Waals surface area contributed by atoms with Gasteiger partial charge in [0.2, 0.25) is 0 Å². The van der Waals surface area contributed by atoms with Gasteiger partial charge in [-0.1, -0.05) is 28.1 Å². The number of carboxylic acid groups (broad SMARTS) is 1. The Bertz CT molecular complexity index is 705. The van der Waals surface area contributed by atoms with Crippen molar-refractivity contribution in [1.82, 2.24) is 0 Å². The van der Waals surface area contributed by atoms with Crippen molar-refractivity contribution in [3.8, 4) is 11.5 Å². The van der Waals surface area contributed by atoms with Crippen LogP contribution in [0.2, 0.25) is 0 Å². The molecule has 0 aromatic heterocycles. The van der Waals surface area contributed by atoms with Gasteiger partial charge in [-0.15, -0.1) is 0 Å². The van der Waals surface area contributed by atoms with E-state index >= 15 is 0 Å². The van der Waals surface area contributed by atoms with Crippen LogP contribution in [0.3, 0.4) is 0 Å². The Morgan fingerprint density at radius 3 is 2.57 bits per heavy atom. The highest BCUT2D eigenvalue weighted by Crippen LogP contribution is 2.30. The van der Waals surface area contributed by atoms with Crippen molar-refractivity contribution in [1.29, 1.82) is 0 Å². The minimum Gasteiger partial charge on any atom is -0.478 e. The summed E-state index contributed by atoms with van der Waals surface area (Å²) < 4.78 is 6.75. The summed E-state index contributed by atoms with van der Waals surface area (Å²) in [5.74, 6) is 0.335. The Hall–Kier alpha value is -2.07. The second-order valence-corrected chi connectivity index (χ2v) is 5.62. The van der Waals surface area contributed by atoms with Gasteiger partial charge in [0, 0.05) is 16.1 Å². The van der Waals surface area contributed by atoms with Crippen LogP contribution >= 0.6 is 15.9 Å². The number of ether oxygens (including phenoxy) is 1. The Morgan fingerprint density at radius 2 is 1.90 bits per heavy atom. The molecule has 0 bridgehead atoms. The van der Waals surface area contributed by atoms with Crippen molar-refractivity contribution in [3.63, 3.8) is 0 Å². The van der Waals surface area contributed by atoms with Crippen LogP contribution in [-0.2, 0) is 4.79 Å². The Morgan fingerprint density at radius 1 is 1.14 bits per heavy atom. The van der Waals surface area contributed by atoms with E-state index in [1.807, 2.05) is 44.2 Å². The zero-order valence-electron chi connectivity index (χ0n) is 11.8. The molecule has 0 aliphatic carbocycles. The van der Waals surface area contributed by atoms with Crippen molar-refractivity contribution in [2.24, 2.45) is 0 Å². The van der Waals surface area contributed by atoms with Gasteiger partial charge >= 0.3 is 5.97 Å². The molecule has 2 aromatic carbocycles. The number of benzene rings is 2. The topological polar surface area (TPSA) is 46.5 Å². The maximum absolute atomic E-state index is 10.7. The predicted octanol–water partition coefficient (Wildman–Crippen LogP) is 4.96. The first-order chi connectivity index (χ1) is 9.95. The molecular weight excluding hydrogens is 332 g/mol. The molecule has 0 saturated carbocycles. The maximum atomic E-state index is 10.7. The molecule has 2 rings (SSSR count). The van der Waals surface area contributed by atoms with Crippen LogP contribution in [-0.4, -0.2) is 11.1 Å². The first-order valence-corrected chi connectivity index (χ1v) is 7.20. The van der Waals surface area contributed by atoms with Crippen LogP contribution in [0.4, 0.5) is 0 Å². The van der Waals surface area contributed by atoms with E-state index in [4.69, 9.17) is 9.84 Å². The lowest BCUT2D eigenvalue weighted by Gasteiger charge is -2.11. The smallest absolute Gasteiger partial charge is 0.328 e. The third-order valence-corrected chi connectivity index (χ3v) is 3.58. The Kier molecular flexibility index (Phi) is 4.81. The molecule has 0 heterocycles. The molecule has 2 aromatic rings. The molecule has 0 saturated heterocycles. The molecule has 0 aliphatic rings. The highest BCUT2D eigenvalue weighted by atomic mass is 79.9. The second kappa shape index (κ2) is 6.59. The highest BCUT2D eigenvalue weighted by molar-refractivity contribution is 9.10. The van der Waals surface area contributed by atoms with E-state index in [1.165, 1.54) is 11.6 Å². The minimum atomic E-state index is -0.991. The van der Waals surface area contributed by atoms with Crippen LogP contribution in [0.25, 0.3) is 6.08 Å². The number of hydrogen-bond donors (Lipinski definition) is 1. The van der Waals surface area contributed by atoms with Crippen molar-refractivity contribution in [2.75, 3.05) is 0 Å². The summed E-state index contributed by atoms with van der Waals surface area (Å²) in [6.07, 6.45) is 2.61. The van der Waals surface area contributed by atoms with E-state index in [2.05, 4.69) is 15.9 Å². The van der Waals surface area contributed by atoms with E-state index in [0.717, 1.165) is 21.9 Å². The van der Waals surface area contributed by atoms with Gasteiger partial charge in [0.05, 0.1) is 0 Å². The number of halogens is 1. The first-order valence-electron chi connectivity index (χ1n) is 6.41. The van der Waals surface area contributed by atoms with E-state index < -0.39 is 5.97 Å². The number of aliphatic carboxylic acids is 1. The highest BCUT2D eigenvalue weighted by Gasteiger charge is 2.05. The van der Waals surface area contributed by atoms with Crippen molar-refractivity contribution < 1.29 is 14.6 Å². The molecule has 4 heteroatoms. The molecular formula is C17H15BrO3. The lowest BCUT2D eigenvalue weighted by Crippen LogP contribution is -1.91. The molecule has 0 aliphatic heterocycles. The van der Waals surface area contributed by atoms with Crippen LogP contribution < -0.4 is 4.74 Å². The van der Waals surface area contributed by atoms with Crippen LogP contribution in [0.15, 0.2) is 46.9 Å². The van der Waals surface area contributed by atoms with E-state index in [1.54, 1.807) is 6.07 Å². The second-order valence-electron chi connectivity index (χ2n) is 4.70. The maximum Gasteiger partial charge on any atom is 0.328 e. The zero-order valence-corrected chi connectivity index (χ0v) is 13.3. The summed E-state index contributed by atoms with van der Waals surface area (Å²) in [6, 6.07) is 11.3. The largest absolute Gasteiger partial charge is 0.478 e. The van der Waals surface area contributed by atoms with Gasteiger partial charge in [0.15, 0.2) is 0 Å². The summed E-state index contributed by atoms with van der Waals surface area (Å²) in [5, 5.41) is 8.74. The number of carbonyl (C=O) groups is 1. The fourth-order valence-corrected chi connectivity index (χ4v) is 2.14. The molecule has 1 N–H and O–H groups in total. The summed E-state index contributed by atoms with van der Waals surface area (Å²) in [6.45, 7) is 4.06. The van der Waals surface area contributed by atoms with Crippen molar-refractivity contribution in [3.05, 3.63) is 63.6 Å². The van der Waals surface area contributed by atoms with Gasteiger partial charge < -0.3 is 9.84 Å². The number of carboxylic acids is 1. The molecule has 0 amide bonds. The number of aryl methyl sites for hydroxylation is 2. The molecule has 21 heavy (non-hydrogen) atoms. The lowest BCUT2D eigenvalue weighted by molar-refractivity contribution is -0.131. The molecule has 3 nitrogen and oxygen atoms in total. The third kappa shape index (κ3) is 4.20. The average molecular weight is 347 g/mol. The van der Waals surface area contributed by atoms with Gasteiger partial charge in [0.1, 0.15) is 11.5 Å². The SMILES string of the molecule is Cc1ccc(Oc2cc(Br)ccc2/C=C/C(=O)O)cc1C. The number of hydrogen-bond acceptors (Lipinski definition) is 2. The van der Waals surface area contributed by atoms with Crippen molar-refractivity contribution >= 4 is 28.0 Å². The molecule has 0 radical (unpaired) electrons. The van der Waals surface area contributed by atoms with Crippen LogP contribution in [0.1, 0.15) is 16.7 Å². The summed E-state index contributed by atoms with van der Waals surface area (Å²) in [4.78, 5) is 10.7.